The van der Waals surface area contributed by atoms with Gasteiger partial charge in [0.25, 0.3) is 0 Å². The molecule has 1 aromatic rings. The number of thiophene rings is 1. The van der Waals surface area contributed by atoms with Crippen molar-refractivity contribution in [2.75, 3.05) is 5.73 Å². The maximum Gasteiger partial charge on any atom is 0.106 e. The largest absolute Gasteiger partial charge is 0.389 e. The topological polar surface area (TPSA) is 49.8 Å². The third-order valence-corrected chi connectivity index (χ3v) is 4.31. The summed E-state index contributed by atoms with van der Waals surface area (Å²) in [5.41, 5.74) is 7.42. The lowest BCUT2D eigenvalue weighted by atomic mass is 9.78. The van der Waals surface area contributed by atoms with Crippen LogP contribution in [0.25, 0.3) is 0 Å². The minimum atomic E-state index is -0.788. The van der Waals surface area contributed by atoms with Crippen LogP contribution in [-0.2, 0) is 6.42 Å². The summed E-state index contributed by atoms with van der Waals surface area (Å²) < 4.78 is 13.6. The lowest BCUT2D eigenvalue weighted by Gasteiger charge is -2.28. The summed E-state index contributed by atoms with van der Waals surface area (Å²) in [7, 11) is 0. The fourth-order valence-corrected chi connectivity index (χ4v) is 3.60. The second-order valence-corrected chi connectivity index (χ2v) is 5.81. The van der Waals surface area contributed by atoms with E-state index in [1.165, 1.54) is 11.3 Å². The van der Waals surface area contributed by atoms with Crippen LogP contribution in [0.2, 0.25) is 0 Å². The van der Waals surface area contributed by atoms with Crippen molar-refractivity contribution in [2.24, 2.45) is 5.92 Å². The predicted molar refractivity (Wildman–Crippen MR) is 75.6 cm³/mol. The molecule has 2 rings (SSSR count). The van der Waals surface area contributed by atoms with Gasteiger partial charge in [-0.05, 0) is 23.8 Å². The van der Waals surface area contributed by atoms with E-state index in [1.54, 1.807) is 0 Å². The number of fused-ring (bicyclic) bond motifs is 1. The fraction of sp³-hybridized carbons (Fsp3) is 0.643. The normalized spacial score (nSPS) is 21.8. The standard InChI is InChI=1S/C12H15FN2S.C2H6/c1-6(2)8-3-7(13)4-10-11(8)9(5-14)12(15)16-10;1-2/h6-8H,3-4,15H2,1-2H3;1-2H3. The Morgan fingerprint density at radius 2 is 2.06 bits per heavy atom. The first-order chi connectivity index (χ1) is 8.54. The summed E-state index contributed by atoms with van der Waals surface area (Å²) in [5.74, 6) is 0.486. The summed E-state index contributed by atoms with van der Waals surface area (Å²) in [6.07, 6.45) is 0.162. The van der Waals surface area contributed by atoms with Gasteiger partial charge in [0.05, 0.1) is 5.56 Å². The summed E-state index contributed by atoms with van der Waals surface area (Å²) >= 11 is 1.38. The van der Waals surface area contributed by atoms with Crippen molar-refractivity contribution in [3.63, 3.8) is 0 Å². The molecule has 0 radical (unpaired) electrons. The Morgan fingerprint density at radius 1 is 1.44 bits per heavy atom. The molecular weight excluding hydrogens is 247 g/mol. The molecule has 0 saturated carbocycles. The first-order valence-corrected chi connectivity index (χ1v) is 7.31. The van der Waals surface area contributed by atoms with Crippen molar-refractivity contribution in [3.05, 3.63) is 16.0 Å². The van der Waals surface area contributed by atoms with Crippen molar-refractivity contribution in [1.29, 1.82) is 5.26 Å². The van der Waals surface area contributed by atoms with Gasteiger partial charge in [0.1, 0.15) is 17.2 Å². The predicted octanol–water partition coefficient (Wildman–Crippen LogP) is 4.25. The molecule has 2 unspecified atom stereocenters. The molecule has 0 bridgehead atoms. The van der Waals surface area contributed by atoms with Crippen molar-refractivity contribution in [2.45, 2.75) is 52.6 Å². The van der Waals surface area contributed by atoms with E-state index >= 15 is 0 Å². The molecule has 0 fully saturated rings. The van der Waals surface area contributed by atoms with E-state index in [0.29, 0.717) is 29.3 Å². The molecule has 100 valence electrons. The first kappa shape index (κ1) is 15.0. The number of anilines is 1. The second kappa shape index (κ2) is 6.19. The zero-order valence-electron chi connectivity index (χ0n) is 11.5. The van der Waals surface area contributed by atoms with Crippen LogP contribution >= 0.6 is 11.3 Å². The van der Waals surface area contributed by atoms with Gasteiger partial charge in [0, 0.05) is 11.3 Å². The molecule has 0 spiro atoms. The van der Waals surface area contributed by atoms with Crippen LogP contribution in [-0.4, -0.2) is 6.17 Å². The smallest absolute Gasteiger partial charge is 0.106 e. The summed E-state index contributed by atoms with van der Waals surface area (Å²) in [5, 5.41) is 9.66. The highest BCUT2D eigenvalue weighted by Gasteiger charge is 2.33. The molecule has 1 aromatic heterocycles. The van der Waals surface area contributed by atoms with Gasteiger partial charge in [0.15, 0.2) is 0 Å². The van der Waals surface area contributed by atoms with E-state index in [9.17, 15) is 4.39 Å². The zero-order chi connectivity index (χ0) is 13.9. The average molecular weight is 268 g/mol. The van der Waals surface area contributed by atoms with Crippen LogP contribution in [0, 0.1) is 17.2 Å². The lowest BCUT2D eigenvalue weighted by Crippen LogP contribution is -2.22. The van der Waals surface area contributed by atoms with E-state index in [2.05, 4.69) is 19.9 Å². The van der Waals surface area contributed by atoms with Gasteiger partial charge in [-0.1, -0.05) is 27.7 Å². The number of nitrogens with zero attached hydrogens (tertiary/aromatic N) is 1. The molecule has 18 heavy (non-hydrogen) atoms. The summed E-state index contributed by atoms with van der Waals surface area (Å²) in [6.45, 7) is 8.14. The van der Waals surface area contributed by atoms with E-state index in [0.717, 1.165) is 10.4 Å². The Bertz CT molecular complexity index is 445. The monoisotopic (exact) mass is 268 g/mol. The maximum absolute atomic E-state index is 13.6. The highest BCUT2D eigenvalue weighted by Crippen LogP contribution is 2.45. The Morgan fingerprint density at radius 3 is 2.56 bits per heavy atom. The van der Waals surface area contributed by atoms with E-state index in [4.69, 9.17) is 11.0 Å². The zero-order valence-corrected chi connectivity index (χ0v) is 12.3. The third-order valence-electron chi connectivity index (χ3n) is 3.25. The summed E-state index contributed by atoms with van der Waals surface area (Å²) in [4.78, 5) is 0.978. The molecule has 1 aliphatic rings. The number of hydrogen-bond acceptors (Lipinski definition) is 3. The van der Waals surface area contributed by atoms with Crippen molar-refractivity contribution in [1.82, 2.24) is 0 Å². The third kappa shape index (κ3) is 2.67. The van der Waals surface area contributed by atoms with E-state index in [1.807, 2.05) is 13.8 Å². The van der Waals surface area contributed by atoms with Crippen LogP contribution < -0.4 is 5.73 Å². The van der Waals surface area contributed by atoms with Crippen molar-refractivity contribution in [3.8, 4) is 6.07 Å². The highest BCUT2D eigenvalue weighted by atomic mass is 32.1. The molecule has 2 nitrogen and oxygen atoms in total. The number of nitrogens with two attached hydrogens (primary N) is 1. The van der Waals surface area contributed by atoms with Crippen LogP contribution in [0.4, 0.5) is 9.39 Å². The number of hydrogen-bond donors (Lipinski definition) is 1. The van der Waals surface area contributed by atoms with Gasteiger partial charge in [0.2, 0.25) is 0 Å². The first-order valence-electron chi connectivity index (χ1n) is 6.49. The Kier molecular flexibility index (Phi) is 5.15. The number of rotatable bonds is 1. The van der Waals surface area contributed by atoms with Crippen molar-refractivity contribution < 1.29 is 4.39 Å². The molecule has 1 heterocycles. The Labute approximate surface area is 113 Å². The number of alkyl halides is 1. The minimum absolute atomic E-state index is 0.141. The SMILES string of the molecule is CC.CC(C)C1CC(F)Cc2sc(N)c(C#N)c21. The molecule has 0 saturated heterocycles. The van der Waals surface area contributed by atoms with E-state index in [-0.39, 0.29) is 5.92 Å². The van der Waals surface area contributed by atoms with E-state index < -0.39 is 6.17 Å². The molecule has 1 aliphatic carbocycles. The molecular formula is C14H21FN2S. The number of halogens is 1. The molecule has 0 aromatic carbocycles. The maximum atomic E-state index is 13.6. The number of nitrogen functional groups attached to an aromatic ring is 1. The molecule has 0 amide bonds. The average Bonchev–Trinajstić information content (AvgIpc) is 2.65. The van der Waals surface area contributed by atoms with Crippen LogP contribution in [0.15, 0.2) is 0 Å². The second-order valence-electron chi connectivity index (χ2n) is 4.68. The van der Waals surface area contributed by atoms with Gasteiger partial charge in [-0.2, -0.15) is 5.26 Å². The quantitative estimate of drug-likeness (QED) is 0.827. The molecule has 0 aliphatic heterocycles. The van der Waals surface area contributed by atoms with Crippen LogP contribution in [0.5, 0.6) is 0 Å². The van der Waals surface area contributed by atoms with Crippen molar-refractivity contribution >= 4 is 16.3 Å². The number of nitriles is 1. The minimum Gasteiger partial charge on any atom is -0.389 e. The Hall–Kier alpha value is -1.08. The lowest BCUT2D eigenvalue weighted by molar-refractivity contribution is 0.257. The van der Waals surface area contributed by atoms with Gasteiger partial charge in [-0.25, -0.2) is 4.39 Å². The van der Waals surface area contributed by atoms with Gasteiger partial charge in [-0.15, -0.1) is 11.3 Å². The Balaban J connectivity index is 0.000000771. The van der Waals surface area contributed by atoms with Crippen LogP contribution in [0.1, 0.15) is 56.0 Å². The molecule has 2 atom stereocenters. The van der Waals surface area contributed by atoms with Crippen LogP contribution in [0.3, 0.4) is 0 Å². The van der Waals surface area contributed by atoms with Gasteiger partial charge < -0.3 is 5.73 Å². The highest BCUT2D eigenvalue weighted by molar-refractivity contribution is 7.16. The van der Waals surface area contributed by atoms with Gasteiger partial charge >= 0.3 is 0 Å². The summed E-state index contributed by atoms with van der Waals surface area (Å²) in [6, 6.07) is 2.17. The molecule has 2 N–H and O–H groups in total. The molecule has 4 heteroatoms. The fourth-order valence-electron chi connectivity index (χ4n) is 2.45. The van der Waals surface area contributed by atoms with Gasteiger partial charge in [-0.3, -0.25) is 0 Å².